The maximum atomic E-state index is 13.1. The second-order valence-corrected chi connectivity index (χ2v) is 7.15. The Morgan fingerprint density at radius 2 is 1.72 bits per heavy atom. The van der Waals surface area contributed by atoms with E-state index in [9.17, 15) is 9.59 Å². The zero-order valence-corrected chi connectivity index (χ0v) is 16.2. The van der Waals surface area contributed by atoms with Crippen molar-refractivity contribution in [3.8, 4) is 0 Å². The molecule has 1 aliphatic rings. The molecule has 1 aliphatic carbocycles. The van der Waals surface area contributed by atoms with Crippen LogP contribution in [0.4, 0.5) is 0 Å². The molecule has 0 radical (unpaired) electrons. The van der Waals surface area contributed by atoms with Crippen LogP contribution >= 0.6 is 0 Å². The molecule has 25 heavy (non-hydrogen) atoms. The van der Waals surface area contributed by atoms with Gasteiger partial charge in [0.15, 0.2) is 0 Å². The van der Waals surface area contributed by atoms with Crippen molar-refractivity contribution in [3.05, 3.63) is 34.4 Å². The molecule has 0 aliphatic heterocycles. The highest BCUT2D eigenvalue weighted by atomic mass is 16.5. The van der Waals surface area contributed by atoms with Gasteiger partial charge < -0.3 is 4.74 Å². The highest BCUT2D eigenvalue weighted by molar-refractivity contribution is 5.89. The van der Waals surface area contributed by atoms with E-state index in [-0.39, 0.29) is 23.6 Å². The lowest BCUT2D eigenvalue weighted by molar-refractivity contribution is -0.153. The standard InChI is InChI=1S/C22H32O3/c1-5-16-12-15(4)20(17(6-2)13-16)14-21(23)18-10-8-9-11-19(18)22(24)25-7-3/h12-13,18-19H,5-11,14H2,1-4H3. The number of esters is 1. The van der Waals surface area contributed by atoms with Crippen LogP contribution in [0, 0.1) is 18.8 Å². The predicted octanol–water partition coefficient (Wildman–Crippen LogP) is 4.60. The van der Waals surface area contributed by atoms with Crippen LogP contribution in [0.1, 0.15) is 68.7 Å². The average molecular weight is 344 g/mol. The summed E-state index contributed by atoms with van der Waals surface area (Å²) in [7, 11) is 0. The molecule has 2 rings (SSSR count). The van der Waals surface area contributed by atoms with E-state index in [1.165, 1.54) is 16.7 Å². The summed E-state index contributed by atoms with van der Waals surface area (Å²) in [5.41, 5.74) is 4.97. The smallest absolute Gasteiger partial charge is 0.309 e. The number of carbonyl (C=O) groups is 2. The minimum absolute atomic E-state index is 0.178. The normalized spacial score (nSPS) is 20.3. The number of ether oxygens (including phenoxy) is 1. The molecule has 1 saturated carbocycles. The second-order valence-electron chi connectivity index (χ2n) is 7.15. The Bertz CT molecular complexity index is 618. The molecule has 0 amide bonds. The Kier molecular flexibility index (Phi) is 7.22. The van der Waals surface area contributed by atoms with E-state index in [0.29, 0.717) is 13.0 Å². The van der Waals surface area contributed by atoms with Crippen LogP contribution in [-0.4, -0.2) is 18.4 Å². The molecule has 3 nitrogen and oxygen atoms in total. The summed E-state index contributed by atoms with van der Waals surface area (Å²) in [6, 6.07) is 4.44. The summed E-state index contributed by atoms with van der Waals surface area (Å²) in [5, 5.41) is 0. The van der Waals surface area contributed by atoms with E-state index in [2.05, 4.69) is 32.9 Å². The first-order valence-electron chi connectivity index (χ1n) is 9.82. The molecule has 0 aromatic heterocycles. The Hall–Kier alpha value is -1.64. The van der Waals surface area contributed by atoms with Crippen molar-refractivity contribution in [1.29, 1.82) is 0 Å². The van der Waals surface area contributed by atoms with Crippen LogP contribution in [0.25, 0.3) is 0 Å². The fraction of sp³-hybridized carbons (Fsp3) is 0.636. The van der Waals surface area contributed by atoms with Crippen LogP contribution in [0.2, 0.25) is 0 Å². The van der Waals surface area contributed by atoms with Crippen LogP contribution < -0.4 is 0 Å². The summed E-state index contributed by atoms with van der Waals surface area (Å²) in [6.07, 6.45) is 6.02. The van der Waals surface area contributed by atoms with E-state index in [4.69, 9.17) is 4.74 Å². The Morgan fingerprint density at radius 1 is 1.04 bits per heavy atom. The number of Topliss-reactive ketones (excluding diaryl/α,β-unsaturated/α-hetero) is 1. The van der Waals surface area contributed by atoms with Crippen LogP contribution in [0.15, 0.2) is 12.1 Å². The Balaban J connectivity index is 2.21. The molecule has 3 heteroatoms. The van der Waals surface area contributed by atoms with Gasteiger partial charge in [-0.3, -0.25) is 9.59 Å². The number of ketones is 1. The van der Waals surface area contributed by atoms with Gasteiger partial charge in [-0.25, -0.2) is 0 Å². The molecule has 0 saturated heterocycles. The van der Waals surface area contributed by atoms with Gasteiger partial charge in [-0.15, -0.1) is 0 Å². The van der Waals surface area contributed by atoms with Crippen molar-refractivity contribution >= 4 is 11.8 Å². The van der Waals surface area contributed by atoms with Crippen LogP contribution in [-0.2, 0) is 33.6 Å². The van der Waals surface area contributed by atoms with Gasteiger partial charge in [0, 0.05) is 12.3 Å². The monoisotopic (exact) mass is 344 g/mol. The zero-order chi connectivity index (χ0) is 18.4. The Morgan fingerprint density at radius 3 is 2.32 bits per heavy atom. The highest BCUT2D eigenvalue weighted by Gasteiger charge is 2.36. The van der Waals surface area contributed by atoms with Gasteiger partial charge in [0.25, 0.3) is 0 Å². The van der Waals surface area contributed by atoms with Gasteiger partial charge in [-0.05, 0) is 61.8 Å². The molecule has 0 bridgehead atoms. The largest absolute Gasteiger partial charge is 0.466 e. The van der Waals surface area contributed by atoms with Crippen molar-refractivity contribution in [2.45, 2.75) is 72.6 Å². The zero-order valence-electron chi connectivity index (χ0n) is 16.2. The van der Waals surface area contributed by atoms with Gasteiger partial charge in [-0.1, -0.05) is 38.8 Å². The molecule has 2 atom stereocenters. The van der Waals surface area contributed by atoms with Gasteiger partial charge in [0.1, 0.15) is 5.78 Å². The van der Waals surface area contributed by atoms with E-state index in [1.54, 1.807) is 0 Å². The third-order valence-corrected chi connectivity index (χ3v) is 5.53. The number of carbonyl (C=O) groups excluding carboxylic acids is 2. The lowest BCUT2D eigenvalue weighted by Crippen LogP contribution is -2.35. The number of rotatable bonds is 7. The molecule has 0 spiro atoms. The van der Waals surface area contributed by atoms with Crippen molar-refractivity contribution < 1.29 is 14.3 Å². The molecule has 138 valence electrons. The molecule has 1 aromatic carbocycles. The summed E-state index contributed by atoms with van der Waals surface area (Å²) < 4.78 is 5.22. The van der Waals surface area contributed by atoms with Crippen molar-refractivity contribution in [1.82, 2.24) is 0 Å². The summed E-state index contributed by atoms with van der Waals surface area (Å²) in [5.74, 6) is -0.404. The van der Waals surface area contributed by atoms with Crippen molar-refractivity contribution in [2.24, 2.45) is 11.8 Å². The number of hydrogen-bond acceptors (Lipinski definition) is 3. The lowest BCUT2D eigenvalue weighted by atomic mass is 9.75. The molecular formula is C22H32O3. The van der Waals surface area contributed by atoms with E-state index in [1.807, 2.05) is 6.92 Å². The van der Waals surface area contributed by atoms with E-state index in [0.717, 1.165) is 44.1 Å². The Labute approximate surface area is 152 Å². The predicted molar refractivity (Wildman–Crippen MR) is 101 cm³/mol. The topological polar surface area (TPSA) is 43.4 Å². The highest BCUT2D eigenvalue weighted by Crippen LogP contribution is 2.33. The molecular weight excluding hydrogens is 312 g/mol. The van der Waals surface area contributed by atoms with Gasteiger partial charge >= 0.3 is 5.97 Å². The first kappa shape index (κ1) is 19.7. The molecule has 1 aromatic rings. The molecule has 2 unspecified atom stereocenters. The number of benzene rings is 1. The van der Waals surface area contributed by atoms with Crippen molar-refractivity contribution in [2.75, 3.05) is 6.61 Å². The maximum absolute atomic E-state index is 13.1. The van der Waals surface area contributed by atoms with E-state index >= 15 is 0 Å². The fourth-order valence-electron chi connectivity index (χ4n) is 4.10. The maximum Gasteiger partial charge on any atom is 0.309 e. The second kappa shape index (κ2) is 9.17. The van der Waals surface area contributed by atoms with Gasteiger partial charge in [0.05, 0.1) is 12.5 Å². The van der Waals surface area contributed by atoms with Crippen LogP contribution in [0.5, 0.6) is 0 Å². The SMILES string of the molecule is CCOC(=O)C1CCCCC1C(=O)Cc1c(C)cc(CC)cc1CC. The van der Waals surface area contributed by atoms with Gasteiger partial charge in [-0.2, -0.15) is 0 Å². The van der Waals surface area contributed by atoms with E-state index < -0.39 is 0 Å². The first-order chi connectivity index (χ1) is 12.0. The molecule has 0 heterocycles. The van der Waals surface area contributed by atoms with Gasteiger partial charge in [0.2, 0.25) is 0 Å². The molecule has 1 fully saturated rings. The number of hydrogen-bond donors (Lipinski definition) is 0. The average Bonchev–Trinajstić information content (AvgIpc) is 2.63. The summed E-state index contributed by atoms with van der Waals surface area (Å²) in [6.45, 7) is 8.61. The minimum Gasteiger partial charge on any atom is -0.466 e. The summed E-state index contributed by atoms with van der Waals surface area (Å²) in [4.78, 5) is 25.3. The number of aryl methyl sites for hydroxylation is 3. The third kappa shape index (κ3) is 4.71. The lowest BCUT2D eigenvalue weighted by Gasteiger charge is -2.29. The first-order valence-corrected chi connectivity index (χ1v) is 9.82. The fourth-order valence-corrected chi connectivity index (χ4v) is 4.10. The quantitative estimate of drug-likeness (QED) is 0.679. The van der Waals surface area contributed by atoms with Crippen molar-refractivity contribution in [3.63, 3.8) is 0 Å². The summed E-state index contributed by atoms with van der Waals surface area (Å²) >= 11 is 0. The minimum atomic E-state index is -0.249. The van der Waals surface area contributed by atoms with Crippen LogP contribution in [0.3, 0.4) is 0 Å². The third-order valence-electron chi connectivity index (χ3n) is 5.53. The molecule has 0 N–H and O–H groups in total.